The van der Waals surface area contributed by atoms with Gasteiger partial charge in [0.2, 0.25) is 11.8 Å². The molecule has 24 heavy (non-hydrogen) atoms. The van der Waals surface area contributed by atoms with Crippen LogP contribution in [0.25, 0.3) is 11.0 Å². The molecule has 0 saturated heterocycles. The van der Waals surface area contributed by atoms with Crippen molar-refractivity contribution in [2.75, 3.05) is 20.1 Å². The second-order valence-electron chi connectivity index (χ2n) is 6.49. The number of nitrogens with one attached hydrogen (secondary N) is 2. The molecule has 1 aliphatic carbocycles. The van der Waals surface area contributed by atoms with Crippen molar-refractivity contribution in [3.63, 3.8) is 0 Å². The Hall–Kier alpha value is -2.34. The first-order valence-electron chi connectivity index (χ1n) is 8.27. The topological polar surface area (TPSA) is 74.6 Å². The largest absolute Gasteiger partial charge is 0.459 e. The third-order valence-corrected chi connectivity index (χ3v) is 4.02. The van der Waals surface area contributed by atoms with E-state index in [1.54, 1.807) is 11.9 Å². The Morgan fingerprint density at radius 3 is 2.67 bits per heavy atom. The summed E-state index contributed by atoms with van der Waals surface area (Å²) >= 11 is 0. The lowest BCUT2D eigenvalue weighted by atomic mass is 10.2. The Labute approximate surface area is 141 Å². The second kappa shape index (κ2) is 7.05. The highest BCUT2D eigenvalue weighted by molar-refractivity contribution is 5.82. The standard InChI is InChI=1S/C18H23N3O3/c1-12(16-9-13-5-3-4-6-15(13)24-16)19-17(22)10-21(2)11-18(23)20-14-7-8-14/h3-6,9,12,14H,7-8,10-11H2,1-2H3,(H,19,22)(H,20,23)/t12-/m1/s1. The van der Waals surface area contributed by atoms with E-state index in [1.165, 1.54) is 0 Å². The summed E-state index contributed by atoms with van der Waals surface area (Å²) in [6.45, 7) is 2.28. The Balaban J connectivity index is 1.48. The number of rotatable bonds is 7. The number of hydrogen-bond acceptors (Lipinski definition) is 4. The monoisotopic (exact) mass is 329 g/mol. The summed E-state index contributed by atoms with van der Waals surface area (Å²) in [5, 5.41) is 6.84. The van der Waals surface area contributed by atoms with Gasteiger partial charge in [0.1, 0.15) is 11.3 Å². The van der Waals surface area contributed by atoms with Crippen molar-refractivity contribution < 1.29 is 14.0 Å². The van der Waals surface area contributed by atoms with E-state index in [9.17, 15) is 9.59 Å². The van der Waals surface area contributed by atoms with Crippen molar-refractivity contribution in [2.24, 2.45) is 0 Å². The molecule has 128 valence electrons. The third-order valence-electron chi connectivity index (χ3n) is 4.02. The van der Waals surface area contributed by atoms with Gasteiger partial charge in [-0.25, -0.2) is 0 Å². The van der Waals surface area contributed by atoms with Gasteiger partial charge in [-0.3, -0.25) is 14.5 Å². The van der Waals surface area contributed by atoms with Crippen LogP contribution in [0.1, 0.15) is 31.6 Å². The number of nitrogens with zero attached hydrogens (tertiary/aromatic N) is 1. The maximum absolute atomic E-state index is 12.1. The van der Waals surface area contributed by atoms with Crippen molar-refractivity contribution in [2.45, 2.75) is 31.8 Å². The molecule has 2 amide bonds. The predicted octanol–water partition coefficient (Wildman–Crippen LogP) is 1.82. The fraction of sp³-hybridized carbons (Fsp3) is 0.444. The molecule has 1 aromatic carbocycles. The molecular weight excluding hydrogens is 306 g/mol. The van der Waals surface area contributed by atoms with Gasteiger partial charge in [-0.1, -0.05) is 18.2 Å². The number of para-hydroxylation sites is 1. The summed E-state index contributed by atoms with van der Waals surface area (Å²) < 4.78 is 5.76. The van der Waals surface area contributed by atoms with Gasteiger partial charge in [-0.2, -0.15) is 0 Å². The molecule has 1 saturated carbocycles. The minimum absolute atomic E-state index is 0.0295. The number of amides is 2. The molecule has 2 aromatic rings. The molecule has 3 rings (SSSR count). The second-order valence-corrected chi connectivity index (χ2v) is 6.49. The van der Waals surface area contributed by atoms with Gasteiger partial charge in [0.15, 0.2) is 0 Å². The fourth-order valence-corrected chi connectivity index (χ4v) is 2.62. The zero-order chi connectivity index (χ0) is 17.1. The van der Waals surface area contributed by atoms with Crippen LogP contribution in [-0.2, 0) is 9.59 Å². The molecule has 1 fully saturated rings. The molecule has 0 bridgehead atoms. The number of benzene rings is 1. The first kappa shape index (κ1) is 16.5. The molecule has 0 radical (unpaired) electrons. The third kappa shape index (κ3) is 4.35. The summed E-state index contributed by atoms with van der Waals surface area (Å²) in [5.41, 5.74) is 0.808. The number of furan rings is 1. The van der Waals surface area contributed by atoms with E-state index in [0.29, 0.717) is 6.04 Å². The summed E-state index contributed by atoms with van der Waals surface area (Å²) in [7, 11) is 1.76. The molecule has 0 aliphatic heterocycles. The Morgan fingerprint density at radius 1 is 1.25 bits per heavy atom. The first-order chi connectivity index (χ1) is 11.5. The van der Waals surface area contributed by atoms with E-state index < -0.39 is 0 Å². The lowest BCUT2D eigenvalue weighted by Gasteiger charge is -2.17. The van der Waals surface area contributed by atoms with E-state index in [-0.39, 0.29) is 30.9 Å². The van der Waals surface area contributed by atoms with Crippen molar-refractivity contribution >= 4 is 22.8 Å². The van der Waals surface area contributed by atoms with Crippen LogP contribution >= 0.6 is 0 Å². The molecule has 1 aliphatic rings. The Kier molecular flexibility index (Phi) is 4.85. The molecule has 6 nitrogen and oxygen atoms in total. The number of carbonyl (C=O) groups is 2. The van der Waals surface area contributed by atoms with Crippen molar-refractivity contribution in [1.82, 2.24) is 15.5 Å². The number of carbonyl (C=O) groups excluding carboxylic acids is 2. The normalized spacial score (nSPS) is 15.5. The van der Waals surface area contributed by atoms with E-state index in [1.807, 2.05) is 37.3 Å². The van der Waals surface area contributed by atoms with Crippen molar-refractivity contribution in [3.05, 3.63) is 36.1 Å². The summed E-state index contributed by atoms with van der Waals surface area (Å²) in [5.74, 6) is 0.557. The SMILES string of the molecule is C[C@@H](NC(=O)CN(C)CC(=O)NC1CC1)c1cc2ccccc2o1. The molecular formula is C18H23N3O3. The minimum Gasteiger partial charge on any atom is -0.459 e. The van der Waals surface area contributed by atoms with Crippen LogP contribution in [0, 0.1) is 0 Å². The molecule has 0 unspecified atom stereocenters. The molecule has 2 N–H and O–H groups in total. The van der Waals surface area contributed by atoms with Crippen molar-refractivity contribution in [3.8, 4) is 0 Å². The van der Waals surface area contributed by atoms with Crippen LogP contribution in [0.3, 0.4) is 0 Å². The zero-order valence-corrected chi connectivity index (χ0v) is 14.0. The van der Waals surface area contributed by atoms with Crippen LogP contribution in [0.2, 0.25) is 0 Å². The highest BCUT2D eigenvalue weighted by Crippen LogP contribution is 2.23. The average molecular weight is 329 g/mol. The van der Waals surface area contributed by atoms with Gasteiger partial charge in [-0.05, 0) is 38.9 Å². The fourth-order valence-electron chi connectivity index (χ4n) is 2.62. The van der Waals surface area contributed by atoms with Gasteiger partial charge in [0.05, 0.1) is 19.1 Å². The van der Waals surface area contributed by atoms with Gasteiger partial charge >= 0.3 is 0 Å². The molecule has 6 heteroatoms. The predicted molar refractivity (Wildman–Crippen MR) is 91.4 cm³/mol. The van der Waals surface area contributed by atoms with E-state index >= 15 is 0 Å². The van der Waals surface area contributed by atoms with Crippen LogP contribution in [0.15, 0.2) is 34.7 Å². The van der Waals surface area contributed by atoms with Crippen LogP contribution in [0.4, 0.5) is 0 Å². The quantitative estimate of drug-likeness (QED) is 0.812. The van der Waals surface area contributed by atoms with Crippen LogP contribution < -0.4 is 10.6 Å². The molecule has 0 spiro atoms. The Bertz CT molecular complexity index is 703. The molecule has 1 atom stereocenters. The van der Waals surface area contributed by atoms with Crippen LogP contribution in [-0.4, -0.2) is 42.9 Å². The van der Waals surface area contributed by atoms with E-state index in [2.05, 4.69) is 10.6 Å². The summed E-state index contributed by atoms with van der Waals surface area (Å²) in [6, 6.07) is 9.80. The lowest BCUT2D eigenvalue weighted by Crippen LogP contribution is -2.41. The van der Waals surface area contributed by atoms with E-state index in [0.717, 1.165) is 29.6 Å². The molecule has 1 aromatic heterocycles. The zero-order valence-electron chi connectivity index (χ0n) is 14.0. The maximum atomic E-state index is 12.1. The Morgan fingerprint density at radius 2 is 1.96 bits per heavy atom. The van der Waals surface area contributed by atoms with Crippen molar-refractivity contribution in [1.29, 1.82) is 0 Å². The number of hydrogen-bond donors (Lipinski definition) is 2. The van der Waals surface area contributed by atoms with Crippen LogP contribution in [0.5, 0.6) is 0 Å². The number of fused-ring (bicyclic) bond motifs is 1. The number of likely N-dealkylation sites (N-methyl/N-ethyl adjacent to an activating group) is 1. The van der Waals surface area contributed by atoms with Gasteiger partial charge in [-0.15, -0.1) is 0 Å². The lowest BCUT2D eigenvalue weighted by molar-refractivity contribution is -0.125. The molecule has 1 heterocycles. The van der Waals surface area contributed by atoms with Gasteiger partial charge in [0.25, 0.3) is 0 Å². The maximum Gasteiger partial charge on any atom is 0.234 e. The van der Waals surface area contributed by atoms with E-state index in [4.69, 9.17) is 4.42 Å². The first-order valence-corrected chi connectivity index (χ1v) is 8.27. The highest BCUT2D eigenvalue weighted by atomic mass is 16.3. The van der Waals surface area contributed by atoms with Gasteiger partial charge < -0.3 is 15.1 Å². The minimum atomic E-state index is -0.224. The highest BCUT2D eigenvalue weighted by Gasteiger charge is 2.24. The van der Waals surface area contributed by atoms with Gasteiger partial charge in [0, 0.05) is 11.4 Å². The summed E-state index contributed by atoms with van der Waals surface area (Å²) in [6.07, 6.45) is 2.12. The summed E-state index contributed by atoms with van der Waals surface area (Å²) in [4.78, 5) is 25.6. The average Bonchev–Trinajstić information content (AvgIpc) is 3.21. The smallest absolute Gasteiger partial charge is 0.234 e.